The van der Waals surface area contributed by atoms with Crippen molar-refractivity contribution in [3.05, 3.63) is 29.8 Å². The second-order valence-corrected chi connectivity index (χ2v) is 4.16. The van der Waals surface area contributed by atoms with Crippen LogP contribution in [0.1, 0.15) is 18.4 Å². The molecule has 1 aromatic carbocycles. The van der Waals surface area contributed by atoms with Crippen molar-refractivity contribution in [1.82, 2.24) is 0 Å². The first-order valence-electron chi connectivity index (χ1n) is 6.24. The van der Waals surface area contributed by atoms with Crippen molar-refractivity contribution in [2.45, 2.75) is 12.8 Å². The zero-order valence-electron chi connectivity index (χ0n) is 11.4. The summed E-state index contributed by atoms with van der Waals surface area (Å²) in [5.41, 5.74) is 7.17. The fourth-order valence-corrected chi connectivity index (χ4v) is 1.53. The molecule has 0 radical (unpaired) electrons. The molecule has 106 valence electrons. The molecule has 0 saturated carbocycles. The Morgan fingerprint density at radius 1 is 1.26 bits per heavy atom. The molecule has 0 bridgehead atoms. The largest absolute Gasteiger partial charge is 0.463 e. The molecule has 0 amide bonds. The number of hydrogen-bond acceptors (Lipinski definition) is 5. The number of esters is 1. The van der Waals surface area contributed by atoms with Gasteiger partial charge < -0.3 is 19.9 Å². The summed E-state index contributed by atoms with van der Waals surface area (Å²) in [5.74, 6) is -0.608. The van der Waals surface area contributed by atoms with Gasteiger partial charge in [-0.2, -0.15) is 0 Å². The van der Waals surface area contributed by atoms with Gasteiger partial charge in [-0.05, 0) is 24.6 Å². The van der Waals surface area contributed by atoms with Crippen molar-refractivity contribution in [1.29, 1.82) is 0 Å². The Morgan fingerprint density at radius 3 is 2.68 bits per heavy atom. The van der Waals surface area contributed by atoms with Gasteiger partial charge in [-0.25, -0.2) is 0 Å². The minimum Gasteiger partial charge on any atom is -0.463 e. The van der Waals surface area contributed by atoms with Gasteiger partial charge in [0.1, 0.15) is 6.61 Å². The normalized spacial score (nSPS) is 12.1. The van der Waals surface area contributed by atoms with Crippen LogP contribution in [0.5, 0.6) is 0 Å². The average Bonchev–Trinajstić information content (AvgIpc) is 2.41. The highest BCUT2D eigenvalue weighted by atomic mass is 16.6. The smallest absolute Gasteiger partial charge is 0.313 e. The SMILES string of the molecule is COCCOCCOC(=O)C(C)c1cccc(N)c1. The molecule has 0 aromatic heterocycles. The number of ether oxygens (including phenoxy) is 3. The predicted octanol–water partition coefficient (Wildman–Crippen LogP) is 1.58. The van der Waals surface area contributed by atoms with Gasteiger partial charge in [0, 0.05) is 12.8 Å². The lowest BCUT2D eigenvalue weighted by Gasteiger charge is -2.12. The first kappa shape index (κ1) is 15.5. The number of benzene rings is 1. The molecule has 19 heavy (non-hydrogen) atoms. The Balaban J connectivity index is 2.29. The third-order valence-electron chi connectivity index (χ3n) is 2.67. The van der Waals surface area contributed by atoms with Crippen molar-refractivity contribution >= 4 is 11.7 Å². The van der Waals surface area contributed by atoms with Gasteiger partial charge in [-0.15, -0.1) is 0 Å². The Kier molecular flexibility index (Phi) is 6.92. The van der Waals surface area contributed by atoms with Crippen LogP contribution in [0.3, 0.4) is 0 Å². The fraction of sp³-hybridized carbons (Fsp3) is 0.500. The van der Waals surface area contributed by atoms with Crippen LogP contribution in [0.4, 0.5) is 5.69 Å². The molecule has 0 aliphatic rings. The highest BCUT2D eigenvalue weighted by molar-refractivity contribution is 5.78. The Bertz CT molecular complexity index is 395. The van der Waals surface area contributed by atoms with Crippen molar-refractivity contribution in [2.24, 2.45) is 0 Å². The van der Waals surface area contributed by atoms with Gasteiger partial charge in [-0.3, -0.25) is 4.79 Å². The molecule has 0 aliphatic heterocycles. The second-order valence-electron chi connectivity index (χ2n) is 4.16. The van der Waals surface area contributed by atoms with E-state index in [9.17, 15) is 4.79 Å². The number of anilines is 1. The number of nitrogen functional groups attached to an aromatic ring is 1. The van der Waals surface area contributed by atoms with Gasteiger partial charge in [-0.1, -0.05) is 12.1 Å². The van der Waals surface area contributed by atoms with Crippen LogP contribution < -0.4 is 5.73 Å². The van der Waals surface area contributed by atoms with Crippen LogP contribution in [0.15, 0.2) is 24.3 Å². The van der Waals surface area contributed by atoms with E-state index in [0.29, 0.717) is 25.5 Å². The number of methoxy groups -OCH3 is 1. The van der Waals surface area contributed by atoms with E-state index < -0.39 is 0 Å². The third kappa shape index (κ3) is 5.72. The lowest BCUT2D eigenvalue weighted by Crippen LogP contribution is -2.17. The molecule has 0 aliphatic carbocycles. The molecule has 0 heterocycles. The van der Waals surface area contributed by atoms with Crippen molar-refractivity contribution in [3.8, 4) is 0 Å². The molecule has 1 aromatic rings. The van der Waals surface area contributed by atoms with Crippen LogP contribution >= 0.6 is 0 Å². The second kappa shape index (κ2) is 8.50. The summed E-state index contributed by atoms with van der Waals surface area (Å²) in [6, 6.07) is 7.24. The van der Waals surface area contributed by atoms with Gasteiger partial charge in [0.25, 0.3) is 0 Å². The third-order valence-corrected chi connectivity index (χ3v) is 2.67. The van der Waals surface area contributed by atoms with E-state index in [2.05, 4.69) is 0 Å². The zero-order valence-corrected chi connectivity index (χ0v) is 11.4. The maximum absolute atomic E-state index is 11.8. The van der Waals surface area contributed by atoms with Crippen molar-refractivity contribution in [3.63, 3.8) is 0 Å². The van der Waals surface area contributed by atoms with Gasteiger partial charge >= 0.3 is 5.97 Å². The predicted molar refractivity (Wildman–Crippen MR) is 72.9 cm³/mol. The van der Waals surface area contributed by atoms with Crippen LogP contribution in [-0.2, 0) is 19.0 Å². The summed E-state index contributed by atoms with van der Waals surface area (Å²) in [4.78, 5) is 11.8. The monoisotopic (exact) mass is 267 g/mol. The number of carbonyl (C=O) groups is 1. The van der Waals surface area contributed by atoms with Crippen molar-refractivity contribution < 1.29 is 19.0 Å². The molecule has 5 nitrogen and oxygen atoms in total. The minimum absolute atomic E-state index is 0.245. The number of hydrogen-bond donors (Lipinski definition) is 1. The Labute approximate surface area is 113 Å². The molecule has 0 spiro atoms. The van der Waals surface area contributed by atoms with Gasteiger partial charge in [0.2, 0.25) is 0 Å². The van der Waals surface area contributed by atoms with E-state index >= 15 is 0 Å². The molecule has 2 N–H and O–H groups in total. The summed E-state index contributed by atoms with van der Waals surface area (Å²) in [7, 11) is 1.61. The van der Waals surface area contributed by atoms with E-state index in [1.54, 1.807) is 26.2 Å². The summed E-state index contributed by atoms with van der Waals surface area (Å²) in [6.07, 6.45) is 0. The number of nitrogens with two attached hydrogens (primary N) is 1. The quantitative estimate of drug-likeness (QED) is 0.440. The molecular formula is C14H21NO4. The number of carbonyl (C=O) groups excluding carboxylic acids is 1. The molecule has 0 fully saturated rings. The minimum atomic E-state index is -0.331. The summed E-state index contributed by atoms with van der Waals surface area (Å²) < 4.78 is 15.2. The standard InChI is InChI=1S/C14H21NO4/c1-11(12-4-3-5-13(15)10-12)14(16)19-9-8-18-7-6-17-2/h3-5,10-11H,6-9,15H2,1-2H3. The number of rotatable bonds is 8. The lowest BCUT2D eigenvalue weighted by atomic mass is 10.0. The summed E-state index contributed by atoms with van der Waals surface area (Å²) >= 11 is 0. The molecule has 1 rings (SSSR count). The summed E-state index contributed by atoms with van der Waals surface area (Å²) in [6.45, 7) is 3.45. The Morgan fingerprint density at radius 2 is 2.00 bits per heavy atom. The van der Waals surface area contributed by atoms with Crippen molar-refractivity contribution in [2.75, 3.05) is 39.3 Å². The molecule has 1 unspecified atom stereocenters. The average molecular weight is 267 g/mol. The van der Waals surface area contributed by atoms with E-state index in [4.69, 9.17) is 19.9 Å². The van der Waals surface area contributed by atoms with Crippen LogP contribution in [0, 0.1) is 0 Å². The lowest BCUT2D eigenvalue weighted by molar-refractivity contribution is -0.146. The van der Waals surface area contributed by atoms with Crippen LogP contribution in [0.25, 0.3) is 0 Å². The molecular weight excluding hydrogens is 246 g/mol. The van der Waals surface area contributed by atoms with Crippen LogP contribution in [-0.4, -0.2) is 39.5 Å². The van der Waals surface area contributed by atoms with Gasteiger partial charge in [0.15, 0.2) is 0 Å². The highest BCUT2D eigenvalue weighted by Gasteiger charge is 2.16. The first-order valence-corrected chi connectivity index (χ1v) is 6.24. The molecule has 0 saturated heterocycles. The molecule has 5 heteroatoms. The van der Waals surface area contributed by atoms with E-state index in [0.717, 1.165) is 5.56 Å². The highest BCUT2D eigenvalue weighted by Crippen LogP contribution is 2.18. The van der Waals surface area contributed by atoms with E-state index in [-0.39, 0.29) is 18.5 Å². The van der Waals surface area contributed by atoms with Crippen LogP contribution in [0.2, 0.25) is 0 Å². The maximum atomic E-state index is 11.8. The topological polar surface area (TPSA) is 70.8 Å². The van der Waals surface area contributed by atoms with E-state index in [1.165, 1.54) is 0 Å². The fourth-order valence-electron chi connectivity index (χ4n) is 1.53. The Hall–Kier alpha value is -1.59. The van der Waals surface area contributed by atoms with Gasteiger partial charge in [0.05, 0.1) is 25.7 Å². The maximum Gasteiger partial charge on any atom is 0.313 e. The zero-order chi connectivity index (χ0) is 14.1. The summed E-state index contributed by atoms with van der Waals surface area (Å²) in [5, 5.41) is 0. The molecule has 1 atom stereocenters. The van der Waals surface area contributed by atoms with E-state index in [1.807, 2.05) is 12.1 Å². The first-order chi connectivity index (χ1) is 9.15.